The lowest BCUT2D eigenvalue weighted by Gasteiger charge is -2.31. The van der Waals surface area contributed by atoms with Crippen LogP contribution in [0.15, 0.2) is 12.3 Å². The van der Waals surface area contributed by atoms with Gasteiger partial charge in [-0.3, -0.25) is 10.00 Å². The molecule has 0 aromatic carbocycles. The number of aryl methyl sites for hydroxylation is 1. The Kier molecular flexibility index (Phi) is 5.02. The van der Waals surface area contributed by atoms with E-state index in [-0.39, 0.29) is 18.2 Å². The van der Waals surface area contributed by atoms with Gasteiger partial charge in [0.1, 0.15) is 5.82 Å². The van der Waals surface area contributed by atoms with Gasteiger partial charge in [0.15, 0.2) is 0 Å². The summed E-state index contributed by atoms with van der Waals surface area (Å²) < 4.78 is 6.54. The molecule has 116 valence electrons. The fourth-order valence-corrected chi connectivity index (χ4v) is 2.26. The van der Waals surface area contributed by atoms with Crippen molar-refractivity contribution >= 4 is 17.9 Å². The van der Waals surface area contributed by atoms with E-state index in [1.807, 2.05) is 0 Å². The summed E-state index contributed by atoms with van der Waals surface area (Å²) in [5.74, 6) is 0.636. The first kappa shape index (κ1) is 15.1. The lowest BCUT2D eigenvalue weighted by Crippen LogP contribution is -2.47. The Labute approximate surface area is 123 Å². The van der Waals surface area contributed by atoms with Gasteiger partial charge in [-0.15, -0.1) is 0 Å². The van der Waals surface area contributed by atoms with Gasteiger partial charge in [-0.25, -0.2) is 9.59 Å². The number of anilines is 1. The Morgan fingerprint density at radius 1 is 1.43 bits per heavy atom. The Bertz CT molecular complexity index is 494. The molecule has 0 bridgehead atoms. The molecule has 21 heavy (non-hydrogen) atoms. The summed E-state index contributed by atoms with van der Waals surface area (Å²) in [6, 6.07) is 1.53. The molecule has 1 aliphatic heterocycles. The highest BCUT2D eigenvalue weighted by molar-refractivity contribution is 5.88. The second kappa shape index (κ2) is 6.96. The molecule has 0 radical (unpaired) electrons. The monoisotopic (exact) mass is 295 g/mol. The minimum absolute atomic E-state index is 0.0592. The zero-order chi connectivity index (χ0) is 15.2. The molecule has 1 saturated heterocycles. The summed E-state index contributed by atoms with van der Waals surface area (Å²) in [7, 11) is 1.76. The second-order valence-electron chi connectivity index (χ2n) is 4.90. The molecule has 2 N–H and O–H groups in total. The molecule has 1 aromatic heterocycles. The van der Waals surface area contributed by atoms with Gasteiger partial charge in [0, 0.05) is 32.2 Å². The lowest BCUT2D eigenvalue weighted by molar-refractivity contribution is 0.0959. The van der Waals surface area contributed by atoms with Crippen molar-refractivity contribution in [1.29, 1.82) is 0 Å². The van der Waals surface area contributed by atoms with Gasteiger partial charge in [0.25, 0.3) is 0 Å². The summed E-state index contributed by atoms with van der Waals surface area (Å²) in [5, 5.41) is 9.62. The third-order valence-corrected chi connectivity index (χ3v) is 3.42. The van der Waals surface area contributed by atoms with Crippen molar-refractivity contribution in [2.75, 3.05) is 25.0 Å². The predicted octanol–water partition coefficient (Wildman–Crippen LogP) is 1.16. The van der Waals surface area contributed by atoms with Crippen LogP contribution in [0.3, 0.4) is 0 Å². The van der Waals surface area contributed by atoms with Crippen molar-refractivity contribution in [1.82, 2.24) is 20.0 Å². The van der Waals surface area contributed by atoms with Crippen LogP contribution in [0.1, 0.15) is 19.8 Å². The number of amides is 3. The van der Waals surface area contributed by atoms with E-state index in [1.165, 1.54) is 0 Å². The maximum Gasteiger partial charge on any atom is 0.409 e. The van der Waals surface area contributed by atoms with E-state index in [9.17, 15) is 9.59 Å². The van der Waals surface area contributed by atoms with Crippen molar-refractivity contribution in [2.24, 2.45) is 7.05 Å². The van der Waals surface area contributed by atoms with Crippen LogP contribution in [0.5, 0.6) is 0 Å². The van der Waals surface area contributed by atoms with Crippen molar-refractivity contribution in [3.8, 4) is 0 Å². The molecule has 2 heterocycles. The highest BCUT2D eigenvalue weighted by atomic mass is 16.6. The van der Waals surface area contributed by atoms with Gasteiger partial charge in [-0.05, 0) is 19.8 Å². The second-order valence-corrected chi connectivity index (χ2v) is 4.90. The van der Waals surface area contributed by atoms with Crippen LogP contribution in [-0.2, 0) is 11.8 Å². The quantitative estimate of drug-likeness (QED) is 0.876. The predicted molar refractivity (Wildman–Crippen MR) is 77.0 cm³/mol. The fourth-order valence-electron chi connectivity index (χ4n) is 2.26. The SMILES string of the molecule is CCOC(=O)N1CCC(NC(=O)Nc2ccnn2C)CC1. The third kappa shape index (κ3) is 4.11. The first-order valence-electron chi connectivity index (χ1n) is 7.07. The van der Waals surface area contributed by atoms with Crippen LogP contribution in [0.2, 0.25) is 0 Å². The topological polar surface area (TPSA) is 88.5 Å². The summed E-state index contributed by atoms with van der Waals surface area (Å²) >= 11 is 0. The smallest absolute Gasteiger partial charge is 0.409 e. The zero-order valence-corrected chi connectivity index (χ0v) is 12.3. The van der Waals surface area contributed by atoms with Crippen LogP contribution in [0.25, 0.3) is 0 Å². The molecule has 1 aliphatic rings. The molecule has 0 saturated carbocycles. The minimum Gasteiger partial charge on any atom is -0.450 e. The van der Waals surface area contributed by atoms with Crippen molar-refractivity contribution in [3.05, 3.63) is 12.3 Å². The van der Waals surface area contributed by atoms with E-state index in [1.54, 1.807) is 35.8 Å². The Balaban J connectivity index is 1.74. The minimum atomic E-state index is -0.282. The number of carbonyl (C=O) groups is 2. The molecule has 1 fully saturated rings. The fraction of sp³-hybridized carbons (Fsp3) is 0.615. The van der Waals surface area contributed by atoms with Crippen molar-refractivity contribution < 1.29 is 14.3 Å². The largest absolute Gasteiger partial charge is 0.450 e. The number of rotatable bonds is 3. The number of aromatic nitrogens is 2. The van der Waals surface area contributed by atoms with Crippen LogP contribution < -0.4 is 10.6 Å². The lowest BCUT2D eigenvalue weighted by atomic mass is 10.1. The molecule has 0 unspecified atom stereocenters. The molecule has 1 aromatic rings. The number of likely N-dealkylation sites (tertiary alicyclic amines) is 1. The van der Waals surface area contributed by atoms with Gasteiger partial charge in [-0.2, -0.15) is 5.10 Å². The van der Waals surface area contributed by atoms with E-state index < -0.39 is 0 Å². The number of carbonyl (C=O) groups excluding carboxylic acids is 2. The number of nitrogens with one attached hydrogen (secondary N) is 2. The van der Waals surface area contributed by atoms with Gasteiger partial charge in [0.2, 0.25) is 0 Å². The molecule has 0 spiro atoms. The van der Waals surface area contributed by atoms with E-state index in [0.717, 1.165) is 12.8 Å². The Morgan fingerprint density at radius 2 is 2.14 bits per heavy atom. The normalized spacial score (nSPS) is 15.6. The third-order valence-electron chi connectivity index (χ3n) is 3.42. The van der Waals surface area contributed by atoms with Crippen LogP contribution in [0.4, 0.5) is 15.4 Å². The van der Waals surface area contributed by atoms with Crippen LogP contribution >= 0.6 is 0 Å². The van der Waals surface area contributed by atoms with Gasteiger partial charge in [-0.1, -0.05) is 0 Å². The van der Waals surface area contributed by atoms with E-state index >= 15 is 0 Å². The molecular formula is C13H21N5O3. The molecule has 8 heteroatoms. The van der Waals surface area contributed by atoms with Gasteiger partial charge >= 0.3 is 12.1 Å². The molecule has 0 aliphatic carbocycles. The first-order valence-corrected chi connectivity index (χ1v) is 7.07. The van der Waals surface area contributed by atoms with E-state index in [0.29, 0.717) is 25.5 Å². The Morgan fingerprint density at radius 3 is 2.71 bits per heavy atom. The standard InChI is InChI=1S/C13H21N5O3/c1-3-21-13(20)18-8-5-10(6-9-18)15-12(19)16-11-4-7-14-17(11)2/h4,7,10H,3,5-6,8-9H2,1-2H3,(H2,15,16,19). The average molecular weight is 295 g/mol. The number of nitrogens with zero attached hydrogens (tertiary/aromatic N) is 3. The van der Waals surface area contributed by atoms with E-state index in [4.69, 9.17) is 4.74 Å². The molecular weight excluding hydrogens is 274 g/mol. The summed E-state index contributed by atoms with van der Waals surface area (Å²) in [6.07, 6.45) is 2.78. The maximum atomic E-state index is 11.9. The average Bonchev–Trinajstić information content (AvgIpc) is 2.85. The number of ether oxygens (including phenoxy) is 1. The van der Waals surface area contributed by atoms with Crippen molar-refractivity contribution in [3.63, 3.8) is 0 Å². The number of hydrogen-bond donors (Lipinski definition) is 2. The zero-order valence-electron chi connectivity index (χ0n) is 12.3. The van der Waals surface area contributed by atoms with E-state index in [2.05, 4.69) is 15.7 Å². The van der Waals surface area contributed by atoms with Crippen LogP contribution in [-0.4, -0.2) is 52.5 Å². The molecule has 3 amide bonds. The van der Waals surface area contributed by atoms with Gasteiger partial charge in [0.05, 0.1) is 12.8 Å². The maximum absolute atomic E-state index is 11.9. The Hall–Kier alpha value is -2.25. The number of piperidine rings is 1. The number of hydrogen-bond acceptors (Lipinski definition) is 4. The van der Waals surface area contributed by atoms with Gasteiger partial charge < -0.3 is 15.0 Å². The molecule has 0 atom stereocenters. The van der Waals surface area contributed by atoms with Crippen molar-refractivity contribution in [2.45, 2.75) is 25.8 Å². The highest BCUT2D eigenvalue weighted by Crippen LogP contribution is 2.12. The highest BCUT2D eigenvalue weighted by Gasteiger charge is 2.24. The summed E-state index contributed by atoms with van der Waals surface area (Å²) in [4.78, 5) is 25.1. The molecule has 2 rings (SSSR count). The summed E-state index contributed by atoms with van der Waals surface area (Å²) in [5.41, 5.74) is 0. The first-order chi connectivity index (χ1) is 10.1. The summed E-state index contributed by atoms with van der Waals surface area (Å²) in [6.45, 7) is 3.35. The molecule has 8 nitrogen and oxygen atoms in total. The van der Waals surface area contributed by atoms with Crippen LogP contribution in [0, 0.1) is 0 Å². The number of urea groups is 1.